The Morgan fingerprint density at radius 3 is 2.81 bits per heavy atom. The number of morpholine rings is 1. The molecule has 3 aromatic rings. The molecule has 0 aliphatic carbocycles. The van der Waals surface area contributed by atoms with Gasteiger partial charge in [-0.2, -0.15) is 0 Å². The summed E-state index contributed by atoms with van der Waals surface area (Å²) in [5, 5.41) is 1.08. The summed E-state index contributed by atoms with van der Waals surface area (Å²) in [7, 11) is 1.64. The lowest BCUT2D eigenvalue weighted by molar-refractivity contribution is 0.0376. The van der Waals surface area contributed by atoms with Gasteiger partial charge in [0.15, 0.2) is 5.13 Å². The van der Waals surface area contributed by atoms with Crippen LogP contribution < -0.4 is 9.64 Å². The maximum absolute atomic E-state index is 13.5. The van der Waals surface area contributed by atoms with Crippen molar-refractivity contribution in [2.45, 2.75) is 6.42 Å². The van der Waals surface area contributed by atoms with Crippen LogP contribution >= 0.6 is 51.3 Å². The summed E-state index contributed by atoms with van der Waals surface area (Å²) < 4.78 is 12.5. The lowest BCUT2D eigenvalue weighted by atomic mass is 10.2. The van der Waals surface area contributed by atoms with E-state index in [0.717, 1.165) is 59.7 Å². The second-order valence-corrected chi connectivity index (χ2v) is 9.55. The number of hydrogen-bond donors (Lipinski definition) is 0. The topological polar surface area (TPSA) is 54.9 Å². The highest BCUT2D eigenvalue weighted by molar-refractivity contribution is 9.10. The van der Waals surface area contributed by atoms with E-state index in [1.165, 1.54) is 11.3 Å². The van der Waals surface area contributed by atoms with Crippen molar-refractivity contribution >= 4 is 72.5 Å². The summed E-state index contributed by atoms with van der Waals surface area (Å²) in [6.45, 7) is 4.82. The molecule has 172 valence electrons. The van der Waals surface area contributed by atoms with E-state index in [1.54, 1.807) is 24.1 Å². The zero-order chi connectivity index (χ0) is 21.8. The Kier molecular flexibility index (Phi) is 9.16. The molecule has 0 bridgehead atoms. The minimum absolute atomic E-state index is 0. The zero-order valence-electron chi connectivity index (χ0n) is 17.6. The Bertz CT molecular complexity index is 1080. The highest BCUT2D eigenvalue weighted by atomic mass is 79.9. The fourth-order valence-electron chi connectivity index (χ4n) is 3.50. The first-order valence-corrected chi connectivity index (χ1v) is 12.1. The number of ether oxygens (including phenoxy) is 2. The van der Waals surface area contributed by atoms with Crippen molar-refractivity contribution in [1.29, 1.82) is 0 Å². The lowest BCUT2D eigenvalue weighted by Gasteiger charge is -2.27. The van der Waals surface area contributed by atoms with Crippen LogP contribution in [-0.4, -0.2) is 62.3 Å². The molecule has 1 aliphatic heterocycles. The predicted octanol–water partition coefficient (Wildman–Crippen LogP) is 5.51. The van der Waals surface area contributed by atoms with Crippen molar-refractivity contribution in [1.82, 2.24) is 9.88 Å². The molecule has 10 heteroatoms. The summed E-state index contributed by atoms with van der Waals surface area (Å²) in [4.78, 5) is 22.4. The SMILES string of the molecule is COc1ccc2nc(N(CCCN3CCOCC3)C(=O)c3cc(Br)ccc3Cl)sc2c1.Cl. The van der Waals surface area contributed by atoms with Crippen molar-refractivity contribution in [2.24, 2.45) is 0 Å². The van der Waals surface area contributed by atoms with Crippen LogP contribution in [0, 0.1) is 0 Å². The first-order valence-electron chi connectivity index (χ1n) is 10.1. The third-order valence-corrected chi connectivity index (χ3v) is 7.04. The molecule has 1 aromatic heterocycles. The monoisotopic (exact) mass is 559 g/mol. The third kappa shape index (κ3) is 5.92. The van der Waals surface area contributed by atoms with Gasteiger partial charge in [-0.3, -0.25) is 14.6 Å². The lowest BCUT2D eigenvalue weighted by Crippen LogP contribution is -2.39. The highest BCUT2D eigenvalue weighted by Crippen LogP contribution is 2.33. The number of amides is 1. The number of thiazole rings is 1. The van der Waals surface area contributed by atoms with Gasteiger partial charge in [0.05, 0.1) is 41.1 Å². The molecule has 0 radical (unpaired) electrons. The van der Waals surface area contributed by atoms with E-state index in [9.17, 15) is 4.79 Å². The van der Waals surface area contributed by atoms with E-state index in [4.69, 9.17) is 26.1 Å². The number of nitrogens with zero attached hydrogens (tertiary/aromatic N) is 3. The van der Waals surface area contributed by atoms with Gasteiger partial charge in [-0.15, -0.1) is 12.4 Å². The molecule has 0 spiro atoms. The molecular formula is C22H24BrCl2N3O3S. The fourth-order valence-corrected chi connectivity index (χ4v) is 5.08. The van der Waals surface area contributed by atoms with Crippen LogP contribution in [-0.2, 0) is 4.74 Å². The molecule has 0 N–H and O–H groups in total. The molecule has 0 unspecified atom stereocenters. The standard InChI is InChI=1S/C22H23BrClN3O3S.ClH/c1-29-16-4-6-19-20(14-16)31-22(25-19)27(8-2-7-26-9-11-30-12-10-26)21(28)17-13-15(23)3-5-18(17)24;/h3-6,13-14H,2,7-12H2,1H3;1H. The van der Waals surface area contributed by atoms with Crippen molar-refractivity contribution in [2.75, 3.05) is 51.4 Å². The smallest absolute Gasteiger partial charge is 0.261 e. The van der Waals surface area contributed by atoms with Crippen LogP contribution in [0.5, 0.6) is 5.75 Å². The number of methoxy groups -OCH3 is 1. The van der Waals surface area contributed by atoms with Crippen LogP contribution in [0.1, 0.15) is 16.8 Å². The largest absolute Gasteiger partial charge is 0.497 e. The number of aromatic nitrogens is 1. The van der Waals surface area contributed by atoms with Gasteiger partial charge < -0.3 is 9.47 Å². The maximum atomic E-state index is 13.5. The molecule has 2 heterocycles. The number of halogens is 3. The quantitative estimate of drug-likeness (QED) is 0.381. The van der Waals surface area contributed by atoms with Crippen LogP contribution in [0.3, 0.4) is 0 Å². The Hall–Kier alpha value is -1.42. The van der Waals surface area contributed by atoms with E-state index < -0.39 is 0 Å². The average Bonchev–Trinajstić information content (AvgIpc) is 3.21. The van der Waals surface area contributed by atoms with Gasteiger partial charge in [-0.05, 0) is 42.8 Å². The van der Waals surface area contributed by atoms with Crippen LogP contribution in [0.15, 0.2) is 40.9 Å². The first-order chi connectivity index (χ1) is 15.0. The first kappa shape index (κ1) is 25.2. The molecule has 1 amide bonds. The molecule has 0 saturated carbocycles. The van der Waals surface area contributed by atoms with E-state index in [-0.39, 0.29) is 18.3 Å². The fraction of sp³-hybridized carbons (Fsp3) is 0.364. The van der Waals surface area contributed by atoms with E-state index in [1.807, 2.05) is 24.3 Å². The van der Waals surface area contributed by atoms with Gasteiger partial charge in [0.1, 0.15) is 5.75 Å². The van der Waals surface area contributed by atoms with Gasteiger partial charge in [0, 0.05) is 30.7 Å². The molecule has 6 nitrogen and oxygen atoms in total. The molecule has 2 aromatic carbocycles. The molecule has 4 rings (SSSR count). The number of anilines is 1. The Morgan fingerprint density at radius 2 is 2.06 bits per heavy atom. The van der Waals surface area contributed by atoms with E-state index in [0.29, 0.717) is 22.3 Å². The number of hydrogen-bond acceptors (Lipinski definition) is 6. The zero-order valence-corrected chi connectivity index (χ0v) is 21.5. The molecule has 0 atom stereocenters. The summed E-state index contributed by atoms with van der Waals surface area (Å²) in [6.07, 6.45) is 0.830. The second-order valence-electron chi connectivity index (χ2n) is 7.22. The minimum Gasteiger partial charge on any atom is -0.497 e. The molecule has 1 aliphatic rings. The normalized spacial score (nSPS) is 14.2. The number of fused-ring (bicyclic) bond motifs is 1. The van der Waals surface area contributed by atoms with Gasteiger partial charge in [-0.1, -0.05) is 38.9 Å². The summed E-state index contributed by atoms with van der Waals surface area (Å²) in [5.74, 6) is 0.613. The summed E-state index contributed by atoms with van der Waals surface area (Å²) in [5.41, 5.74) is 1.30. The average molecular weight is 561 g/mol. The number of carbonyl (C=O) groups excluding carboxylic acids is 1. The minimum atomic E-state index is -0.153. The van der Waals surface area contributed by atoms with Crippen molar-refractivity contribution in [3.63, 3.8) is 0 Å². The molecule has 1 saturated heterocycles. The Balaban J connectivity index is 0.00000289. The van der Waals surface area contributed by atoms with Crippen molar-refractivity contribution < 1.29 is 14.3 Å². The predicted molar refractivity (Wildman–Crippen MR) is 136 cm³/mol. The summed E-state index contributed by atoms with van der Waals surface area (Å²) in [6, 6.07) is 11.0. The van der Waals surface area contributed by atoms with Crippen LogP contribution in [0.25, 0.3) is 10.2 Å². The van der Waals surface area contributed by atoms with Gasteiger partial charge in [0.25, 0.3) is 5.91 Å². The van der Waals surface area contributed by atoms with Crippen LogP contribution in [0.2, 0.25) is 5.02 Å². The maximum Gasteiger partial charge on any atom is 0.261 e. The molecular weight excluding hydrogens is 537 g/mol. The van der Waals surface area contributed by atoms with E-state index >= 15 is 0 Å². The van der Waals surface area contributed by atoms with Gasteiger partial charge in [0.2, 0.25) is 0 Å². The Labute approximate surface area is 211 Å². The van der Waals surface area contributed by atoms with Crippen LogP contribution in [0.4, 0.5) is 5.13 Å². The third-order valence-electron chi connectivity index (χ3n) is 5.18. The number of rotatable bonds is 7. The van der Waals surface area contributed by atoms with Gasteiger partial charge >= 0.3 is 0 Å². The summed E-state index contributed by atoms with van der Waals surface area (Å²) >= 11 is 11.3. The van der Waals surface area contributed by atoms with Crippen molar-refractivity contribution in [3.8, 4) is 5.75 Å². The Morgan fingerprint density at radius 1 is 1.28 bits per heavy atom. The van der Waals surface area contributed by atoms with Gasteiger partial charge in [-0.25, -0.2) is 4.98 Å². The van der Waals surface area contributed by atoms with E-state index in [2.05, 4.69) is 20.8 Å². The number of benzene rings is 2. The molecule has 1 fully saturated rings. The number of carbonyl (C=O) groups is 1. The van der Waals surface area contributed by atoms with Crippen molar-refractivity contribution in [3.05, 3.63) is 51.5 Å². The molecule has 32 heavy (non-hydrogen) atoms. The highest BCUT2D eigenvalue weighted by Gasteiger charge is 2.24. The second kappa shape index (κ2) is 11.6.